The summed E-state index contributed by atoms with van der Waals surface area (Å²) < 4.78 is 26.7. The van der Waals surface area contributed by atoms with Crippen molar-refractivity contribution < 1.29 is 23.5 Å². The molecule has 6 heteroatoms. The van der Waals surface area contributed by atoms with Crippen LogP contribution in [0.5, 0.6) is 0 Å². The number of carboxylic acids is 1. The van der Waals surface area contributed by atoms with Crippen molar-refractivity contribution in [1.29, 1.82) is 0 Å². The Morgan fingerprint density at radius 3 is 2.40 bits per heavy atom. The van der Waals surface area contributed by atoms with E-state index in [0.29, 0.717) is 0 Å². The van der Waals surface area contributed by atoms with Gasteiger partial charge >= 0.3 is 5.97 Å². The molecule has 2 aromatic carbocycles. The SMILES string of the molecule is CC(CC(=O)NC(Cc1ccccc1)C(=O)O)c1ccc(F)cc1F. The van der Waals surface area contributed by atoms with Crippen molar-refractivity contribution in [3.63, 3.8) is 0 Å². The lowest BCUT2D eigenvalue weighted by Gasteiger charge is -2.17. The number of halogens is 2. The smallest absolute Gasteiger partial charge is 0.326 e. The first kappa shape index (κ1) is 18.6. The van der Waals surface area contributed by atoms with Gasteiger partial charge in [-0.2, -0.15) is 0 Å². The molecule has 2 rings (SSSR count). The quantitative estimate of drug-likeness (QED) is 0.808. The molecule has 0 heterocycles. The molecule has 2 unspecified atom stereocenters. The van der Waals surface area contributed by atoms with Crippen molar-refractivity contribution in [2.45, 2.75) is 31.7 Å². The van der Waals surface area contributed by atoms with Gasteiger partial charge in [0, 0.05) is 18.9 Å². The normalized spacial score (nSPS) is 13.1. The monoisotopic (exact) mass is 347 g/mol. The predicted molar refractivity (Wildman–Crippen MR) is 89.1 cm³/mol. The highest BCUT2D eigenvalue weighted by atomic mass is 19.1. The van der Waals surface area contributed by atoms with Crippen LogP contribution in [-0.2, 0) is 16.0 Å². The van der Waals surface area contributed by atoms with E-state index in [4.69, 9.17) is 0 Å². The summed E-state index contributed by atoms with van der Waals surface area (Å²) >= 11 is 0. The van der Waals surface area contributed by atoms with E-state index in [1.807, 2.05) is 6.07 Å². The number of amides is 1. The molecule has 25 heavy (non-hydrogen) atoms. The summed E-state index contributed by atoms with van der Waals surface area (Å²) in [5.41, 5.74) is 0.999. The second-order valence-electron chi connectivity index (χ2n) is 5.92. The van der Waals surface area contributed by atoms with Crippen molar-refractivity contribution >= 4 is 11.9 Å². The van der Waals surface area contributed by atoms with Crippen LogP contribution in [0.1, 0.15) is 30.4 Å². The third-order valence-corrected chi connectivity index (χ3v) is 3.90. The highest BCUT2D eigenvalue weighted by Crippen LogP contribution is 2.22. The highest BCUT2D eigenvalue weighted by Gasteiger charge is 2.22. The molecule has 0 bridgehead atoms. The number of aliphatic carboxylic acids is 1. The van der Waals surface area contributed by atoms with Crippen LogP contribution in [0.25, 0.3) is 0 Å². The van der Waals surface area contributed by atoms with Crippen molar-refractivity contribution in [2.24, 2.45) is 0 Å². The molecule has 0 spiro atoms. The number of hydrogen-bond donors (Lipinski definition) is 2. The highest BCUT2D eigenvalue weighted by molar-refractivity contribution is 5.84. The zero-order valence-corrected chi connectivity index (χ0v) is 13.7. The van der Waals surface area contributed by atoms with Gasteiger partial charge in [0.05, 0.1) is 0 Å². The van der Waals surface area contributed by atoms with Gasteiger partial charge in [0.25, 0.3) is 0 Å². The van der Waals surface area contributed by atoms with Gasteiger partial charge in [0.15, 0.2) is 0 Å². The van der Waals surface area contributed by atoms with Crippen LogP contribution in [0.4, 0.5) is 8.78 Å². The van der Waals surface area contributed by atoms with E-state index in [2.05, 4.69) is 5.32 Å². The number of carboxylic acid groups (broad SMARTS) is 1. The summed E-state index contributed by atoms with van der Waals surface area (Å²) in [6.07, 6.45) is 0.0579. The van der Waals surface area contributed by atoms with Crippen LogP contribution in [0.15, 0.2) is 48.5 Å². The number of nitrogens with one attached hydrogen (secondary N) is 1. The van der Waals surface area contributed by atoms with E-state index in [9.17, 15) is 23.5 Å². The largest absolute Gasteiger partial charge is 0.480 e. The Balaban J connectivity index is 2.00. The third kappa shape index (κ3) is 5.38. The van der Waals surface area contributed by atoms with Gasteiger partial charge in [0.1, 0.15) is 17.7 Å². The number of rotatable bonds is 7. The van der Waals surface area contributed by atoms with Crippen molar-refractivity contribution in [1.82, 2.24) is 5.32 Å². The standard InChI is InChI=1S/C19H19F2NO3/c1-12(15-8-7-14(20)11-16(15)21)9-18(23)22-17(19(24)25)10-13-5-3-2-4-6-13/h2-8,11-12,17H,9-10H2,1H3,(H,22,23)(H,24,25). The van der Waals surface area contributed by atoms with Crippen molar-refractivity contribution in [2.75, 3.05) is 0 Å². The third-order valence-electron chi connectivity index (χ3n) is 3.90. The predicted octanol–water partition coefficient (Wildman–Crippen LogP) is 3.27. The molecule has 0 fully saturated rings. The molecular weight excluding hydrogens is 328 g/mol. The number of carbonyl (C=O) groups is 2. The minimum atomic E-state index is -1.14. The fourth-order valence-corrected chi connectivity index (χ4v) is 2.59. The lowest BCUT2D eigenvalue weighted by Crippen LogP contribution is -2.42. The molecule has 0 aliphatic carbocycles. The zero-order chi connectivity index (χ0) is 18.4. The summed E-state index contributed by atoms with van der Waals surface area (Å²) in [4.78, 5) is 23.5. The van der Waals surface area contributed by atoms with Gasteiger partial charge in [-0.05, 0) is 23.1 Å². The van der Waals surface area contributed by atoms with Gasteiger partial charge < -0.3 is 10.4 Å². The summed E-state index contributed by atoms with van der Waals surface area (Å²) in [7, 11) is 0. The first-order valence-electron chi connectivity index (χ1n) is 7.88. The molecule has 2 atom stereocenters. The lowest BCUT2D eigenvalue weighted by atomic mass is 9.96. The molecule has 2 N–H and O–H groups in total. The van der Waals surface area contributed by atoms with Gasteiger partial charge in [-0.1, -0.05) is 43.3 Å². The molecule has 132 valence electrons. The average molecular weight is 347 g/mol. The molecule has 0 aliphatic rings. The second-order valence-corrected chi connectivity index (χ2v) is 5.92. The summed E-state index contributed by atoms with van der Waals surface area (Å²) in [6, 6.07) is 11.1. The Hall–Kier alpha value is -2.76. The topological polar surface area (TPSA) is 66.4 Å². The van der Waals surface area contributed by atoms with E-state index < -0.39 is 35.5 Å². The Labute approximate surface area is 144 Å². The minimum Gasteiger partial charge on any atom is -0.480 e. The Kier molecular flexibility index (Phi) is 6.22. The van der Waals surface area contributed by atoms with Crippen LogP contribution >= 0.6 is 0 Å². The van der Waals surface area contributed by atoms with Crippen molar-refractivity contribution in [3.8, 4) is 0 Å². The van der Waals surface area contributed by atoms with Gasteiger partial charge in [-0.25, -0.2) is 13.6 Å². The Morgan fingerprint density at radius 1 is 1.12 bits per heavy atom. The van der Waals surface area contributed by atoms with Crippen LogP contribution < -0.4 is 5.32 Å². The maximum absolute atomic E-state index is 13.8. The van der Waals surface area contributed by atoms with Gasteiger partial charge in [0.2, 0.25) is 5.91 Å². The van der Waals surface area contributed by atoms with Crippen molar-refractivity contribution in [3.05, 3.63) is 71.3 Å². The van der Waals surface area contributed by atoms with E-state index in [-0.39, 0.29) is 18.4 Å². The van der Waals surface area contributed by atoms with E-state index in [0.717, 1.165) is 17.7 Å². The van der Waals surface area contributed by atoms with Gasteiger partial charge in [-0.3, -0.25) is 4.79 Å². The molecule has 4 nitrogen and oxygen atoms in total. The molecule has 0 aromatic heterocycles. The maximum atomic E-state index is 13.8. The number of hydrogen-bond acceptors (Lipinski definition) is 2. The molecular formula is C19H19F2NO3. The van der Waals surface area contributed by atoms with E-state index in [1.54, 1.807) is 31.2 Å². The molecule has 1 amide bonds. The molecule has 0 radical (unpaired) electrons. The van der Waals surface area contributed by atoms with E-state index >= 15 is 0 Å². The lowest BCUT2D eigenvalue weighted by molar-refractivity contribution is -0.141. The number of carbonyl (C=O) groups excluding carboxylic acids is 1. The Bertz CT molecular complexity index is 750. The molecule has 0 saturated heterocycles. The van der Waals surface area contributed by atoms with E-state index in [1.165, 1.54) is 6.07 Å². The van der Waals surface area contributed by atoms with Gasteiger partial charge in [-0.15, -0.1) is 0 Å². The first-order chi connectivity index (χ1) is 11.9. The average Bonchev–Trinajstić information content (AvgIpc) is 2.54. The minimum absolute atomic E-state index is 0.0961. The number of benzene rings is 2. The van der Waals surface area contributed by atoms with Crippen LogP contribution in [0.2, 0.25) is 0 Å². The van der Waals surface area contributed by atoms with Crippen LogP contribution in [-0.4, -0.2) is 23.0 Å². The summed E-state index contributed by atoms with van der Waals surface area (Å²) in [6.45, 7) is 1.63. The maximum Gasteiger partial charge on any atom is 0.326 e. The fraction of sp³-hybridized carbons (Fsp3) is 0.263. The first-order valence-corrected chi connectivity index (χ1v) is 7.88. The van der Waals surface area contributed by atoms with Crippen LogP contribution in [0.3, 0.4) is 0 Å². The summed E-state index contributed by atoms with van der Waals surface area (Å²) in [5.74, 6) is -3.56. The molecule has 2 aromatic rings. The Morgan fingerprint density at radius 2 is 1.80 bits per heavy atom. The zero-order valence-electron chi connectivity index (χ0n) is 13.7. The molecule has 0 saturated carbocycles. The van der Waals surface area contributed by atoms with Crippen LogP contribution in [0, 0.1) is 11.6 Å². The summed E-state index contributed by atoms with van der Waals surface area (Å²) in [5, 5.41) is 11.8. The fourth-order valence-electron chi connectivity index (χ4n) is 2.59. The molecule has 0 aliphatic heterocycles. The second kappa shape index (κ2) is 8.37.